The van der Waals surface area contributed by atoms with Gasteiger partial charge in [-0.25, -0.2) is 18.1 Å². The first-order valence-corrected chi connectivity index (χ1v) is 15.9. The molecule has 2 aromatic heterocycles. The molecule has 0 aliphatic heterocycles. The van der Waals surface area contributed by atoms with E-state index < -0.39 is 26.4 Å². The van der Waals surface area contributed by atoms with Crippen LogP contribution in [-0.4, -0.2) is 32.1 Å². The van der Waals surface area contributed by atoms with Crippen molar-refractivity contribution in [3.8, 4) is 9.88 Å². The van der Waals surface area contributed by atoms with Gasteiger partial charge in [0.25, 0.3) is 0 Å². The Kier molecular flexibility index (Phi) is 8.54. The number of thiophene rings is 1. The van der Waals surface area contributed by atoms with Crippen LogP contribution in [0.4, 0.5) is 5.69 Å². The molecular weight excluding hydrogens is 539 g/mol. The van der Waals surface area contributed by atoms with Gasteiger partial charge in [-0.1, -0.05) is 48.5 Å². The Morgan fingerprint density at radius 1 is 0.889 bits per heavy atom. The van der Waals surface area contributed by atoms with Gasteiger partial charge in [0.1, 0.15) is 5.01 Å². The highest BCUT2D eigenvalue weighted by molar-refractivity contribution is 7.89. The molecule has 190 valence electrons. The van der Waals surface area contributed by atoms with Crippen LogP contribution < -0.4 is 9.44 Å². The van der Waals surface area contributed by atoms with Gasteiger partial charge in [-0.3, -0.25) is 9.27 Å². The Labute approximate surface area is 219 Å². The van der Waals surface area contributed by atoms with Crippen molar-refractivity contribution in [1.82, 2.24) is 9.71 Å². The van der Waals surface area contributed by atoms with Gasteiger partial charge in [-0.2, -0.15) is 8.42 Å². The lowest BCUT2D eigenvalue weighted by Gasteiger charge is -2.18. The first-order chi connectivity index (χ1) is 17.2. The highest BCUT2D eigenvalue weighted by atomic mass is 32.2. The van der Waals surface area contributed by atoms with Crippen LogP contribution in [0.5, 0.6) is 0 Å². The van der Waals surface area contributed by atoms with Crippen molar-refractivity contribution in [2.24, 2.45) is 0 Å². The molecule has 3 N–H and O–H groups in total. The van der Waals surface area contributed by atoms with E-state index in [9.17, 15) is 16.8 Å². The third-order valence-electron chi connectivity index (χ3n) is 5.29. The minimum absolute atomic E-state index is 0.0163. The first kappa shape index (κ1) is 26.5. The number of nitrogens with zero attached hydrogens (tertiary/aromatic N) is 1. The topological polar surface area (TPSA) is 125 Å². The quantitative estimate of drug-likeness (QED) is 0.210. The van der Waals surface area contributed by atoms with Gasteiger partial charge in [-0.15, -0.1) is 22.7 Å². The van der Waals surface area contributed by atoms with Crippen molar-refractivity contribution in [3.63, 3.8) is 0 Å². The Hall–Kier alpha value is -2.61. The van der Waals surface area contributed by atoms with E-state index in [0.717, 1.165) is 21.0 Å². The number of nitrogens with one attached hydrogen (secondary N) is 2. The predicted octanol–water partition coefficient (Wildman–Crippen LogP) is 4.92. The van der Waals surface area contributed by atoms with Crippen LogP contribution in [-0.2, 0) is 33.2 Å². The van der Waals surface area contributed by atoms with Gasteiger partial charge >= 0.3 is 10.3 Å². The molecule has 0 saturated heterocycles. The lowest BCUT2D eigenvalue weighted by Crippen LogP contribution is -2.32. The summed E-state index contributed by atoms with van der Waals surface area (Å²) >= 11 is 3.02. The molecule has 8 nitrogen and oxygen atoms in total. The van der Waals surface area contributed by atoms with Crippen molar-refractivity contribution in [2.75, 3.05) is 10.5 Å². The molecule has 0 fully saturated rings. The van der Waals surface area contributed by atoms with Crippen molar-refractivity contribution in [3.05, 3.63) is 94.3 Å². The Morgan fingerprint density at radius 2 is 1.64 bits per heavy atom. The summed E-state index contributed by atoms with van der Waals surface area (Å²) in [6, 6.07) is 19.4. The molecule has 2 heterocycles. The van der Waals surface area contributed by atoms with E-state index in [2.05, 4.69) is 4.72 Å². The number of rotatable bonds is 12. The SMILES string of the molecule is O=S(=O)(O)Nc1ccc(C[C@H](NS(=O)(=O)CCCc2ccccc2)c2csc(-c3cccs3)n2)cc1. The molecule has 0 unspecified atom stereocenters. The van der Waals surface area contributed by atoms with Gasteiger partial charge < -0.3 is 0 Å². The fourth-order valence-electron chi connectivity index (χ4n) is 3.65. The highest BCUT2D eigenvalue weighted by Gasteiger charge is 2.23. The third-order valence-corrected chi connectivity index (χ3v) is 9.16. The van der Waals surface area contributed by atoms with E-state index in [1.165, 1.54) is 23.5 Å². The summed E-state index contributed by atoms with van der Waals surface area (Å²) in [5.41, 5.74) is 2.68. The van der Waals surface area contributed by atoms with Crippen LogP contribution in [0.1, 0.15) is 29.3 Å². The second kappa shape index (κ2) is 11.6. The molecule has 2 aromatic carbocycles. The summed E-state index contributed by atoms with van der Waals surface area (Å²) in [6.07, 6.45) is 1.46. The molecule has 12 heteroatoms. The number of hydrogen-bond acceptors (Lipinski definition) is 7. The molecule has 0 aliphatic carbocycles. The summed E-state index contributed by atoms with van der Waals surface area (Å²) in [6.45, 7) is 0. The summed E-state index contributed by atoms with van der Waals surface area (Å²) < 4.78 is 61.9. The van der Waals surface area contributed by atoms with E-state index in [-0.39, 0.29) is 11.4 Å². The Bertz CT molecular complexity index is 1470. The zero-order valence-corrected chi connectivity index (χ0v) is 22.3. The van der Waals surface area contributed by atoms with E-state index >= 15 is 0 Å². The van der Waals surface area contributed by atoms with Crippen LogP contribution in [0.25, 0.3) is 9.88 Å². The average molecular weight is 564 g/mol. The number of thiazole rings is 1. The maximum Gasteiger partial charge on any atom is 0.357 e. The van der Waals surface area contributed by atoms with Gasteiger partial charge in [-0.05, 0) is 54.0 Å². The smallest absolute Gasteiger partial charge is 0.269 e. The molecule has 4 aromatic rings. The molecule has 0 radical (unpaired) electrons. The van der Waals surface area contributed by atoms with Crippen LogP contribution in [0.15, 0.2) is 77.5 Å². The molecule has 0 bridgehead atoms. The molecule has 4 rings (SSSR count). The average Bonchev–Trinajstić information content (AvgIpc) is 3.52. The normalized spacial score (nSPS) is 12.9. The Morgan fingerprint density at radius 3 is 2.31 bits per heavy atom. The number of aryl methyl sites for hydroxylation is 1. The maximum absolute atomic E-state index is 13.0. The van der Waals surface area contributed by atoms with Gasteiger partial charge in [0.05, 0.1) is 28.1 Å². The lowest BCUT2D eigenvalue weighted by atomic mass is 10.0. The molecule has 1 atom stereocenters. The standard InChI is InChI=1S/C24H25N3O5S4/c28-35(29,15-5-8-18-6-2-1-3-7-18)27-21(22-17-34-24(25-22)23-9-4-14-33-23)16-19-10-12-20(13-11-19)26-36(30,31)32/h1-4,6-7,9-14,17,21,26-27H,5,8,15-16H2,(H,30,31,32)/t21-/m0/s1. The monoisotopic (exact) mass is 563 g/mol. The van der Waals surface area contributed by atoms with E-state index in [0.29, 0.717) is 25.0 Å². The second-order valence-corrected chi connectivity index (χ2v) is 12.9. The fourth-order valence-corrected chi connectivity index (χ4v) is 7.05. The maximum atomic E-state index is 13.0. The zero-order valence-electron chi connectivity index (χ0n) is 19.1. The third kappa shape index (κ3) is 7.95. The van der Waals surface area contributed by atoms with Crippen LogP contribution in [0.3, 0.4) is 0 Å². The summed E-state index contributed by atoms with van der Waals surface area (Å²) in [7, 11) is -7.98. The van der Waals surface area contributed by atoms with Gasteiger partial charge in [0, 0.05) is 5.38 Å². The predicted molar refractivity (Wildman–Crippen MR) is 145 cm³/mol. The van der Waals surface area contributed by atoms with Crippen molar-refractivity contribution >= 4 is 48.7 Å². The number of aromatic nitrogens is 1. The van der Waals surface area contributed by atoms with Gasteiger partial charge in [0.2, 0.25) is 10.0 Å². The van der Waals surface area contributed by atoms with Gasteiger partial charge in [0.15, 0.2) is 0 Å². The second-order valence-electron chi connectivity index (χ2n) is 8.11. The molecule has 0 amide bonds. The largest absolute Gasteiger partial charge is 0.357 e. The molecule has 0 spiro atoms. The lowest BCUT2D eigenvalue weighted by molar-refractivity contribution is 0.489. The highest BCUT2D eigenvalue weighted by Crippen LogP contribution is 2.31. The molecule has 0 saturated carbocycles. The zero-order chi connectivity index (χ0) is 25.6. The molecule has 0 aliphatic rings. The first-order valence-electron chi connectivity index (χ1n) is 11.0. The number of benzene rings is 2. The fraction of sp³-hybridized carbons (Fsp3) is 0.208. The van der Waals surface area contributed by atoms with Crippen LogP contribution in [0, 0.1) is 0 Å². The van der Waals surface area contributed by atoms with E-state index in [1.807, 2.05) is 57.9 Å². The summed E-state index contributed by atoms with van der Waals surface area (Å²) in [4.78, 5) is 5.72. The van der Waals surface area contributed by atoms with E-state index in [4.69, 9.17) is 9.54 Å². The number of hydrogen-bond donors (Lipinski definition) is 3. The van der Waals surface area contributed by atoms with E-state index in [1.54, 1.807) is 23.5 Å². The summed E-state index contributed by atoms with van der Waals surface area (Å²) in [5, 5.41) is 4.65. The minimum atomic E-state index is -4.38. The van der Waals surface area contributed by atoms with Crippen molar-refractivity contribution in [2.45, 2.75) is 25.3 Å². The molecular formula is C24H25N3O5S4. The summed E-state index contributed by atoms with van der Waals surface area (Å²) in [5.74, 6) is -0.0163. The van der Waals surface area contributed by atoms with Crippen molar-refractivity contribution in [1.29, 1.82) is 0 Å². The Balaban J connectivity index is 1.50. The minimum Gasteiger partial charge on any atom is -0.269 e. The number of anilines is 1. The van der Waals surface area contributed by atoms with Crippen LogP contribution in [0.2, 0.25) is 0 Å². The number of sulfonamides is 1. The van der Waals surface area contributed by atoms with Crippen LogP contribution >= 0.6 is 22.7 Å². The van der Waals surface area contributed by atoms with Crippen molar-refractivity contribution < 1.29 is 21.4 Å². The molecule has 36 heavy (non-hydrogen) atoms.